The first-order chi connectivity index (χ1) is 9.36. The zero-order valence-electron chi connectivity index (χ0n) is 11.0. The fraction of sp³-hybridized carbons (Fsp3) is 0.200. The molecule has 0 saturated carbocycles. The van der Waals surface area contributed by atoms with Crippen LogP contribution in [-0.4, -0.2) is 12.2 Å². The van der Waals surface area contributed by atoms with Crippen molar-refractivity contribution in [3.05, 3.63) is 62.0 Å². The Kier molecular flexibility index (Phi) is 4.65. The van der Waals surface area contributed by atoms with E-state index in [9.17, 15) is 5.11 Å². The van der Waals surface area contributed by atoms with Crippen LogP contribution < -0.4 is 4.74 Å². The molecule has 0 amide bonds. The summed E-state index contributed by atoms with van der Waals surface area (Å²) in [4.78, 5) is 0. The molecule has 1 N–H and O–H groups in total. The lowest BCUT2D eigenvalue weighted by Crippen LogP contribution is -2.23. The molecule has 1 unspecified atom stereocenters. The van der Waals surface area contributed by atoms with Gasteiger partial charge in [-0.15, -0.1) is 0 Å². The SMILES string of the molecule is COc1cc(C(C)(O)c2ccc(Br)cc2Cl)ccc1Cl. The third-order valence-corrected chi connectivity index (χ3v) is 4.29. The number of aliphatic hydroxyl groups is 1. The maximum Gasteiger partial charge on any atom is 0.137 e. The minimum Gasteiger partial charge on any atom is -0.495 e. The van der Waals surface area contributed by atoms with E-state index in [1.165, 1.54) is 7.11 Å². The van der Waals surface area contributed by atoms with Gasteiger partial charge in [0.2, 0.25) is 0 Å². The van der Waals surface area contributed by atoms with Crippen LogP contribution in [0.3, 0.4) is 0 Å². The van der Waals surface area contributed by atoms with Crippen LogP contribution in [0.25, 0.3) is 0 Å². The zero-order chi connectivity index (χ0) is 14.9. The Hall–Kier alpha value is -0.740. The van der Waals surface area contributed by atoms with Gasteiger partial charge >= 0.3 is 0 Å². The smallest absolute Gasteiger partial charge is 0.137 e. The van der Waals surface area contributed by atoms with Crippen LogP contribution in [0, 0.1) is 0 Å². The van der Waals surface area contributed by atoms with Crippen LogP contribution in [0.4, 0.5) is 0 Å². The fourth-order valence-corrected chi connectivity index (χ4v) is 3.05. The van der Waals surface area contributed by atoms with Gasteiger partial charge in [0.1, 0.15) is 11.4 Å². The normalized spacial score (nSPS) is 13.9. The Labute approximate surface area is 136 Å². The van der Waals surface area contributed by atoms with Crippen molar-refractivity contribution in [1.82, 2.24) is 0 Å². The molecular weight excluding hydrogens is 363 g/mol. The van der Waals surface area contributed by atoms with Crippen LogP contribution in [-0.2, 0) is 5.60 Å². The molecule has 0 heterocycles. The molecule has 0 spiro atoms. The van der Waals surface area contributed by atoms with Crippen molar-refractivity contribution in [3.63, 3.8) is 0 Å². The van der Waals surface area contributed by atoms with Gasteiger partial charge in [0.25, 0.3) is 0 Å². The summed E-state index contributed by atoms with van der Waals surface area (Å²) in [5.41, 5.74) is 0.0325. The number of ether oxygens (including phenoxy) is 1. The minimum absolute atomic E-state index is 0.485. The van der Waals surface area contributed by atoms with E-state index >= 15 is 0 Å². The van der Waals surface area contributed by atoms with Crippen LogP contribution in [0.1, 0.15) is 18.1 Å². The summed E-state index contributed by atoms with van der Waals surface area (Å²) in [7, 11) is 1.53. The van der Waals surface area contributed by atoms with Gasteiger partial charge in [0, 0.05) is 15.1 Å². The third-order valence-electron chi connectivity index (χ3n) is 3.17. The Morgan fingerprint density at radius 1 is 1.10 bits per heavy atom. The lowest BCUT2D eigenvalue weighted by molar-refractivity contribution is 0.102. The number of benzene rings is 2. The quantitative estimate of drug-likeness (QED) is 0.815. The van der Waals surface area contributed by atoms with Gasteiger partial charge in [-0.1, -0.05) is 51.3 Å². The molecule has 0 bridgehead atoms. The highest BCUT2D eigenvalue weighted by Crippen LogP contribution is 2.38. The molecule has 2 aromatic rings. The standard InChI is InChI=1S/C15H13BrCl2O2/c1-15(19,11-5-4-10(16)8-13(11)18)9-3-6-12(17)14(7-9)20-2/h3-8,19H,1-2H3. The maximum atomic E-state index is 10.8. The lowest BCUT2D eigenvalue weighted by atomic mass is 9.88. The second-order valence-electron chi connectivity index (χ2n) is 4.55. The molecule has 0 aromatic heterocycles. The summed E-state index contributed by atoms with van der Waals surface area (Å²) >= 11 is 15.6. The van der Waals surface area contributed by atoms with Crippen molar-refractivity contribution >= 4 is 39.1 Å². The molecule has 5 heteroatoms. The van der Waals surface area contributed by atoms with Crippen molar-refractivity contribution in [2.24, 2.45) is 0 Å². The number of methoxy groups -OCH3 is 1. The maximum absolute atomic E-state index is 10.8. The predicted molar refractivity (Wildman–Crippen MR) is 85.8 cm³/mol. The van der Waals surface area contributed by atoms with Gasteiger partial charge < -0.3 is 9.84 Å². The first-order valence-electron chi connectivity index (χ1n) is 5.88. The van der Waals surface area contributed by atoms with E-state index in [2.05, 4.69) is 15.9 Å². The molecule has 1 atom stereocenters. The van der Waals surface area contributed by atoms with Crippen molar-refractivity contribution in [3.8, 4) is 5.75 Å². The predicted octanol–water partition coefficient (Wildman–Crippen LogP) is 5.02. The van der Waals surface area contributed by atoms with Gasteiger partial charge in [-0.25, -0.2) is 0 Å². The van der Waals surface area contributed by atoms with Crippen LogP contribution in [0.5, 0.6) is 5.75 Å². The highest BCUT2D eigenvalue weighted by atomic mass is 79.9. The Morgan fingerprint density at radius 3 is 2.40 bits per heavy atom. The van der Waals surface area contributed by atoms with Gasteiger partial charge in [-0.3, -0.25) is 0 Å². The number of rotatable bonds is 3. The number of hydrogen-bond acceptors (Lipinski definition) is 2. The monoisotopic (exact) mass is 374 g/mol. The summed E-state index contributed by atoms with van der Waals surface area (Å²) in [6, 6.07) is 10.5. The van der Waals surface area contributed by atoms with Crippen molar-refractivity contribution in [2.45, 2.75) is 12.5 Å². The molecule has 106 valence electrons. The summed E-state index contributed by atoms with van der Waals surface area (Å²) < 4.78 is 6.04. The van der Waals surface area contributed by atoms with Gasteiger partial charge in [0.05, 0.1) is 12.1 Å². The number of halogens is 3. The summed E-state index contributed by atoms with van der Waals surface area (Å²) in [6.45, 7) is 1.69. The van der Waals surface area contributed by atoms with E-state index in [0.29, 0.717) is 26.9 Å². The van der Waals surface area contributed by atoms with Gasteiger partial charge in [-0.05, 0) is 36.8 Å². The van der Waals surface area contributed by atoms with E-state index < -0.39 is 5.60 Å². The second kappa shape index (κ2) is 5.94. The Morgan fingerprint density at radius 2 is 1.80 bits per heavy atom. The molecule has 0 aliphatic heterocycles. The van der Waals surface area contributed by atoms with Crippen LogP contribution in [0.2, 0.25) is 10.0 Å². The summed E-state index contributed by atoms with van der Waals surface area (Å²) in [6.07, 6.45) is 0. The van der Waals surface area contributed by atoms with Crippen molar-refractivity contribution < 1.29 is 9.84 Å². The molecule has 0 radical (unpaired) electrons. The Balaban J connectivity index is 2.54. The van der Waals surface area contributed by atoms with Crippen LogP contribution >= 0.6 is 39.1 Å². The van der Waals surface area contributed by atoms with Crippen molar-refractivity contribution in [1.29, 1.82) is 0 Å². The average molecular weight is 376 g/mol. The van der Waals surface area contributed by atoms with Crippen LogP contribution in [0.15, 0.2) is 40.9 Å². The van der Waals surface area contributed by atoms with E-state index in [4.69, 9.17) is 27.9 Å². The molecule has 0 aliphatic rings. The van der Waals surface area contributed by atoms with E-state index in [1.807, 2.05) is 6.07 Å². The lowest BCUT2D eigenvalue weighted by Gasteiger charge is -2.26. The fourth-order valence-electron chi connectivity index (χ4n) is 2.00. The largest absolute Gasteiger partial charge is 0.495 e. The highest BCUT2D eigenvalue weighted by Gasteiger charge is 2.28. The molecular formula is C15H13BrCl2O2. The van der Waals surface area contributed by atoms with E-state index in [1.54, 1.807) is 37.3 Å². The molecule has 0 fully saturated rings. The summed E-state index contributed by atoms with van der Waals surface area (Å²) in [5, 5.41) is 11.8. The van der Waals surface area contributed by atoms with E-state index in [0.717, 1.165) is 4.47 Å². The second-order valence-corrected chi connectivity index (χ2v) is 6.28. The van der Waals surface area contributed by atoms with Gasteiger partial charge in [-0.2, -0.15) is 0 Å². The first-order valence-corrected chi connectivity index (χ1v) is 7.43. The minimum atomic E-state index is -1.24. The number of hydrogen-bond donors (Lipinski definition) is 1. The molecule has 2 nitrogen and oxygen atoms in total. The van der Waals surface area contributed by atoms with Gasteiger partial charge in [0.15, 0.2) is 0 Å². The average Bonchev–Trinajstić information content (AvgIpc) is 2.38. The van der Waals surface area contributed by atoms with E-state index in [-0.39, 0.29) is 0 Å². The highest BCUT2D eigenvalue weighted by molar-refractivity contribution is 9.10. The third kappa shape index (κ3) is 2.96. The molecule has 0 aliphatic carbocycles. The topological polar surface area (TPSA) is 29.5 Å². The molecule has 0 saturated heterocycles. The van der Waals surface area contributed by atoms with Crippen molar-refractivity contribution in [2.75, 3.05) is 7.11 Å². The molecule has 20 heavy (non-hydrogen) atoms. The zero-order valence-corrected chi connectivity index (χ0v) is 14.1. The molecule has 2 rings (SSSR count). The Bertz CT molecular complexity index is 642. The summed E-state index contributed by atoms with van der Waals surface area (Å²) in [5.74, 6) is 0.512. The first kappa shape index (κ1) is 15.6. The molecule has 2 aromatic carbocycles.